The molecule has 150 valence electrons. The van der Waals surface area contributed by atoms with Gasteiger partial charge in [0.05, 0.1) is 5.69 Å². The molecule has 0 aliphatic carbocycles. The first-order chi connectivity index (χ1) is 14.2. The van der Waals surface area contributed by atoms with Crippen molar-refractivity contribution >= 4 is 34.0 Å². The number of benzene rings is 2. The maximum atomic E-state index is 13.5. The van der Waals surface area contributed by atoms with Gasteiger partial charge in [-0.25, -0.2) is 0 Å². The zero-order valence-corrected chi connectivity index (χ0v) is 17.3. The van der Waals surface area contributed by atoms with Crippen LogP contribution in [-0.4, -0.2) is 22.6 Å². The molecule has 2 heterocycles. The number of hydrogen-bond acceptors (Lipinski definition) is 4. The van der Waals surface area contributed by atoms with Crippen LogP contribution in [0.15, 0.2) is 42.5 Å². The molecule has 0 saturated carbocycles. The van der Waals surface area contributed by atoms with Crippen LogP contribution < -0.4 is 9.64 Å². The fourth-order valence-corrected chi connectivity index (χ4v) is 3.94. The van der Waals surface area contributed by atoms with Gasteiger partial charge in [0.1, 0.15) is 5.56 Å². The van der Waals surface area contributed by atoms with Crippen LogP contribution in [0.2, 0.25) is 5.15 Å². The molecule has 1 aromatic heterocycles. The van der Waals surface area contributed by atoms with E-state index in [9.17, 15) is 4.79 Å². The molecule has 6 heteroatoms. The fourth-order valence-electron chi connectivity index (χ4n) is 3.80. The number of carbonyl (C=O) groups is 1. The number of hydrogen-bond donors (Lipinski definition) is 0. The molecule has 4 rings (SSSR count). The number of fused-ring (bicyclic) bond motifs is 4. The van der Waals surface area contributed by atoms with Gasteiger partial charge in [-0.2, -0.15) is 0 Å². The molecule has 1 amide bonds. The highest BCUT2D eigenvalue weighted by atomic mass is 35.5. The highest BCUT2D eigenvalue weighted by Crippen LogP contribution is 2.42. The molecule has 0 unspecified atom stereocenters. The molecule has 2 aromatic carbocycles. The zero-order valence-electron chi connectivity index (χ0n) is 16.5. The molecule has 0 spiro atoms. The van der Waals surface area contributed by atoms with Gasteiger partial charge >= 0.3 is 0 Å². The van der Waals surface area contributed by atoms with Crippen LogP contribution in [0.25, 0.3) is 10.8 Å². The van der Waals surface area contributed by atoms with E-state index < -0.39 is 0 Å². The van der Waals surface area contributed by atoms with E-state index in [1.54, 1.807) is 0 Å². The van der Waals surface area contributed by atoms with Gasteiger partial charge in [-0.15, -0.1) is 10.2 Å². The smallest absolute Gasteiger partial charge is 0.264 e. The quantitative estimate of drug-likeness (QED) is 0.424. The third-order valence-electron chi connectivity index (χ3n) is 5.28. The standard InChI is InChI=1S/C23H24ClN3O2/c1-2-3-4-5-6-9-14-27-21-17-11-8-7-10-16(17)12-13-19(21)29-22-18(23(27)28)15-20(24)25-26-22/h7-8,10-13,15H,2-6,9,14H2,1H3. The number of carbonyl (C=O) groups excluding carboxylic acids is 1. The molecule has 0 fully saturated rings. The largest absolute Gasteiger partial charge is 0.435 e. The molecular weight excluding hydrogens is 386 g/mol. The van der Waals surface area contributed by atoms with E-state index in [0.717, 1.165) is 29.3 Å². The SMILES string of the molecule is CCCCCCCCN1C(=O)c2cc(Cl)nnc2Oc2ccc3ccccc3c21. The number of unbranched alkanes of at least 4 members (excludes halogenated alkanes) is 5. The van der Waals surface area contributed by atoms with E-state index in [2.05, 4.69) is 17.1 Å². The summed E-state index contributed by atoms with van der Waals surface area (Å²) in [6, 6.07) is 13.5. The van der Waals surface area contributed by atoms with Gasteiger partial charge in [-0.3, -0.25) is 4.79 Å². The summed E-state index contributed by atoms with van der Waals surface area (Å²) in [7, 11) is 0. The lowest BCUT2D eigenvalue weighted by Gasteiger charge is -2.23. The number of aromatic nitrogens is 2. The summed E-state index contributed by atoms with van der Waals surface area (Å²) in [5, 5.41) is 10.1. The van der Waals surface area contributed by atoms with Crippen molar-refractivity contribution in [1.82, 2.24) is 10.2 Å². The van der Waals surface area contributed by atoms with E-state index in [4.69, 9.17) is 16.3 Å². The van der Waals surface area contributed by atoms with Gasteiger partial charge in [-0.1, -0.05) is 81.0 Å². The fraction of sp³-hybridized carbons (Fsp3) is 0.348. The molecular formula is C23H24ClN3O2. The van der Waals surface area contributed by atoms with Crippen molar-refractivity contribution in [2.75, 3.05) is 11.4 Å². The third-order valence-corrected chi connectivity index (χ3v) is 5.47. The van der Waals surface area contributed by atoms with Crippen molar-refractivity contribution in [3.8, 4) is 11.6 Å². The summed E-state index contributed by atoms with van der Waals surface area (Å²) >= 11 is 6.02. The zero-order chi connectivity index (χ0) is 20.2. The summed E-state index contributed by atoms with van der Waals surface area (Å²) in [5.74, 6) is 0.653. The third kappa shape index (κ3) is 4.06. The van der Waals surface area contributed by atoms with Crippen LogP contribution in [0.5, 0.6) is 11.6 Å². The molecule has 1 aliphatic rings. The molecule has 5 nitrogen and oxygen atoms in total. The average molecular weight is 410 g/mol. The predicted octanol–water partition coefficient (Wildman–Crippen LogP) is 6.40. The van der Waals surface area contributed by atoms with Crippen LogP contribution in [-0.2, 0) is 0 Å². The number of ether oxygens (including phenoxy) is 1. The molecule has 29 heavy (non-hydrogen) atoms. The Balaban J connectivity index is 1.72. The Morgan fingerprint density at radius 3 is 2.66 bits per heavy atom. The Labute approximate surface area is 175 Å². The van der Waals surface area contributed by atoms with E-state index in [-0.39, 0.29) is 16.9 Å². The van der Waals surface area contributed by atoms with Gasteiger partial charge < -0.3 is 9.64 Å². The summed E-state index contributed by atoms with van der Waals surface area (Å²) in [6.07, 6.45) is 6.92. The lowest BCUT2D eigenvalue weighted by molar-refractivity contribution is 0.0986. The van der Waals surface area contributed by atoms with Crippen molar-refractivity contribution < 1.29 is 9.53 Å². The number of nitrogens with zero attached hydrogens (tertiary/aromatic N) is 3. The second-order valence-corrected chi connectivity index (χ2v) is 7.73. The summed E-state index contributed by atoms with van der Waals surface area (Å²) in [6.45, 7) is 2.83. The molecule has 0 atom stereocenters. The van der Waals surface area contributed by atoms with Crippen molar-refractivity contribution in [3.63, 3.8) is 0 Å². The van der Waals surface area contributed by atoms with Gasteiger partial charge in [0, 0.05) is 11.9 Å². The maximum absolute atomic E-state index is 13.5. The molecule has 3 aromatic rings. The molecule has 0 saturated heterocycles. The Bertz CT molecular complexity index is 1040. The number of anilines is 1. The second kappa shape index (κ2) is 8.78. The lowest BCUT2D eigenvalue weighted by atomic mass is 10.1. The minimum absolute atomic E-state index is 0.152. The van der Waals surface area contributed by atoms with E-state index in [0.29, 0.717) is 17.9 Å². The summed E-state index contributed by atoms with van der Waals surface area (Å²) in [5.41, 5.74) is 1.13. The molecule has 1 aliphatic heterocycles. The summed E-state index contributed by atoms with van der Waals surface area (Å²) in [4.78, 5) is 15.3. The highest BCUT2D eigenvalue weighted by molar-refractivity contribution is 6.30. The number of amides is 1. The Morgan fingerprint density at radius 2 is 1.79 bits per heavy atom. The van der Waals surface area contributed by atoms with Crippen molar-refractivity contribution in [3.05, 3.63) is 53.2 Å². The highest BCUT2D eigenvalue weighted by Gasteiger charge is 2.31. The predicted molar refractivity (Wildman–Crippen MR) is 116 cm³/mol. The monoisotopic (exact) mass is 409 g/mol. The first-order valence-electron chi connectivity index (χ1n) is 10.2. The van der Waals surface area contributed by atoms with Gasteiger partial charge in [-0.05, 0) is 23.9 Å². The maximum Gasteiger partial charge on any atom is 0.264 e. The lowest BCUT2D eigenvalue weighted by Crippen LogP contribution is -2.31. The summed E-state index contributed by atoms with van der Waals surface area (Å²) < 4.78 is 6.03. The Morgan fingerprint density at radius 1 is 1.00 bits per heavy atom. The van der Waals surface area contributed by atoms with E-state index in [1.807, 2.05) is 41.3 Å². The Hall–Kier alpha value is -2.66. The van der Waals surface area contributed by atoms with Crippen molar-refractivity contribution in [1.29, 1.82) is 0 Å². The topological polar surface area (TPSA) is 55.3 Å². The number of rotatable bonds is 7. The molecule has 0 bridgehead atoms. The minimum atomic E-state index is -0.152. The average Bonchev–Trinajstić information content (AvgIpc) is 2.85. The van der Waals surface area contributed by atoms with Gasteiger partial charge in [0.25, 0.3) is 11.8 Å². The van der Waals surface area contributed by atoms with Crippen LogP contribution in [0.1, 0.15) is 55.8 Å². The van der Waals surface area contributed by atoms with Crippen LogP contribution in [0.3, 0.4) is 0 Å². The van der Waals surface area contributed by atoms with Crippen LogP contribution >= 0.6 is 11.6 Å². The normalized spacial score (nSPS) is 13.0. The van der Waals surface area contributed by atoms with E-state index >= 15 is 0 Å². The van der Waals surface area contributed by atoms with Crippen LogP contribution in [0.4, 0.5) is 5.69 Å². The Kier molecular flexibility index (Phi) is 5.95. The van der Waals surface area contributed by atoms with Crippen LogP contribution in [0, 0.1) is 0 Å². The van der Waals surface area contributed by atoms with Gasteiger partial charge in [0.15, 0.2) is 10.9 Å². The van der Waals surface area contributed by atoms with Crippen molar-refractivity contribution in [2.24, 2.45) is 0 Å². The molecule has 0 radical (unpaired) electrons. The minimum Gasteiger partial charge on any atom is -0.435 e. The number of halogens is 1. The first kappa shape index (κ1) is 19.6. The van der Waals surface area contributed by atoms with E-state index in [1.165, 1.54) is 31.7 Å². The molecule has 0 N–H and O–H groups in total. The van der Waals surface area contributed by atoms with Gasteiger partial charge in [0.2, 0.25) is 0 Å². The second-order valence-electron chi connectivity index (χ2n) is 7.35. The first-order valence-corrected chi connectivity index (χ1v) is 10.6. The van der Waals surface area contributed by atoms with Crippen molar-refractivity contribution in [2.45, 2.75) is 45.4 Å².